The summed E-state index contributed by atoms with van der Waals surface area (Å²) < 4.78 is 92.2. The molecule has 0 aliphatic rings. The molecule has 2 amide bonds. The van der Waals surface area contributed by atoms with Crippen LogP contribution >= 0.6 is 0 Å². The Morgan fingerprint density at radius 1 is 0.742 bits per heavy atom. The molecule has 2 aromatic heterocycles. The number of amides is 2. The average Bonchev–Trinajstić information content (AvgIpc) is 3.65. The summed E-state index contributed by atoms with van der Waals surface area (Å²) in [6, 6.07) is 14.1. The van der Waals surface area contributed by atoms with Gasteiger partial charge in [-0.2, -0.15) is 9.66 Å². The first kappa shape index (κ1) is 51.1. The Morgan fingerprint density at radius 3 is 1.98 bits per heavy atom. The third kappa shape index (κ3) is 13.8. The van der Waals surface area contributed by atoms with Crippen LogP contribution in [0.1, 0.15) is 96.8 Å². The quantitative estimate of drug-likeness (QED) is 0.0449. The van der Waals surface area contributed by atoms with Gasteiger partial charge in [0.1, 0.15) is 11.3 Å². The fourth-order valence-corrected chi connectivity index (χ4v) is 9.01. The third-order valence-electron chi connectivity index (χ3n) is 10.2. The highest BCUT2D eigenvalue weighted by molar-refractivity contribution is 7.92. The van der Waals surface area contributed by atoms with Gasteiger partial charge in [-0.05, 0) is 36.8 Å². The summed E-state index contributed by atoms with van der Waals surface area (Å²) in [6.45, 7) is 5.45. The summed E-state index contributed by atoms with van der Waals surface area (Å²) in [4.78, 5) is 51.8. The van der Waals surface area contributed by atoms with Crippen LogP contribution < -0.4 is 35.2 Å². The molecule has 20 nitrogen and oxygen atoms in total. The van der Waals surface area contributed by atoms with Gasteiger partial charge in [0.05, 0.1) is 41.3 Å². The molecule has 3 aromatic carbocycles. The second kappa shape index (κ2) is 22.5. The second-order valence-corrected chi connectivity index (χ2v) is 21.4. The van der Waals surface area contributed by atoms with Gasteiger partial charge in [-0.1, -0.05) is 115 Å². The van der Waals surface area contributed by atoms with Gasteiger partial charge in [0.15, 0.2) is 17.7 Å². The number of fused-ring (bicyclic) bond motifs is 1. The molecule has 0 aliphatic heterocycles. The van der Waals surface area contributed by atoms with Gasteiger partial charge in [-0.15, -0.1) is 5.10 Å². The van der Waals surface area contributed by atoms with Crippen molar-refractivity contribution >= 4 is 70.1 Å². The van der Waals surface area contributed by atoms with Gasteiger partial charge in [-0.25, -0.2) is 39.6 Å². The minimum Gasteiger partial charge on any atom is -0.495 e. The van der Waals surface area contributed by atoms with E-state index in [1.807, 2.05) is 0 Å². The van der Waals surface area contributed by atoms with Crippen LogP contribution in [0.2, 0.25) is 0 Å². The van der Waals surface area contributed by atoms with Crippen LogP contribution in [0.15, 0.2) is 76.4 Å². The van der Waals surface area contributed by atoms with E-state index in [2.05, 4.69) is 46.9 Å². The number of methoxy groups -OCH3 is 1. The Bertz CT molecular complexity index is 2910. The predicted molar refractivity (Wildman–Crippen MR) is 254 cm³/mol. The Hall–Kier alpha value is -5.91. The van der Waals surface area contributed by atoms with Crippen molar-refractivity contribution in [3.63, 3.8) is 0 Å². The molecule has 5 rings (SSSR count). The Kier molecular flexibility index (Phi) is 17.4. The summed E-state index contributed by atoms with van der Waals surface area (Å²) in [5.41, 5.74) is 1.31. The van der Waals surface area contributed by atoms with Crippen LogP contribution in [0.4, 0.5) is 17.3 Å². The first-order valence-electron chi connectivity index (χ1n) is 21.6. The number of benzene rings is 3. The molecule has 1 atom stereocenters. The van der Waals surface area contributed by atoms with Crippen LogP contribution in [0, 0.1) is 5.92 Å². The fraction of sp³-hybridized carbons (Fsp3) is 0.442. The summed E-state index contributed by atoms with van der Waals surface area (Å²) in [6.07, 6.45) is 12.4. The van der Waals surface area contributed by atoms with E-state index in [1.54, 1.807) is 44.2 Å². The van der Waals surface area contributed by atoms with Gasteiger partial charge in [0.25, 0.3) is 11.5 Å². The number of rotatable bonds is 25. The van der Waals surface area contributed by atoms with E-state index in [0.717, 1.165) is 48.9 Å². The number of ether oxygens (including phenoxy) is 1. The molecule has 2 heterocycles. The summed E-state index contributed by atoms with van der Waals surface area (Å²) in [7, 11) is -11.0. The molecule has 0 saturated carbocycles. The van der Waals surface area contributed by atoms with Crippen LogP contribution in [0.3, 0.4) is 0 Å². The first-order valence-corrected chi connectivity index (χ1v) is 26.8. The van der Waals surface area contributed by atoms with Crippen molar-refractivity contribution in [2.75, 3.05) is 46.4 Å². The van der Waals surface area contributed by atoms with Gasteiger partial charge in [-0.3, -0.25) is 29.3 Å². The van der Waals surface area contributed by atoms with E-state index in [4.69, 9.17) is 4.74 Å². The minimum atomic E-state index is -4.17. The molecule has 358 valence electrons. The smallest absolute Gasteiger partial charge is 0.280 e. The molecular formula is C43H58N10O10S3. The predicted octanol–water partition coefficient (Wildman–Crippen LogP) is 5.56. The van der Waals surface area contributed by atoms with Crippen molar-refractivity contribution < 1.29 is 39.6 Å². The number of hydrogen-bond donors (Lipinski definition) is 5. The summed E-state index contributed by atoms with van der Waals surface area (Å²) in [5, 5.41) is 6.99. The number of carbonyl (C=O) groups is 2. The number of nitrogens with one attached hydrogen (secondary N) is 5. The average molecular weight is 971 g/mol. The highest BCUT2D eigenvalue weighted by Gasteiger charge is 2.35. The highest BCUT2D eigenvalue weighted by Crippen LogP contribution is 2.32. The molecule has 0 saturated heterocycles. The van der Waals surface area contributed by atoms with Gasteiger partial charge in [0.2, 0.25) is 41.9 Å². The van der Waals surface area contributed by atoms with Gasteiger partial charge in [0, 0.05) is 18.0 Å². The normalized spacial score (nSPS) is 12.5. The largest absolute Gasteiger partial charge is 0.495 e. The molecule has 5 N–H and O–H groups in total. The summed E-state index contributed by atoms with van der Waals surface area (Å²) >= 11 is 0. The van der Waals surface area contributed by atoms with E-state index >= 15 is 4.79 Å². The molecule has 66 heavy (non-hydrogen) atoms. The van der Waals surface area contributed by atoms with Gasteiger partial charge < -0.3 is 10.1 Å². The molecule has 0 aliphatic carbocycles. The Balaban J connectivity index is 1.63. The lowest BCUT2D eigenvalue weighted by Crippen LogP contribution is -2.42. The topological polar surface area (TPSA) is 272 Å². The number of carbonyl (C=O) groups excluding carboxylic acids is 2. The molecule has 0 spiro atoms. The summed E-state index contributed by atoms with van der Waals surface area (Å²) in [5.74, 6) is -3.75. The number of sulfonamides is 3. The van der Waals surface area contributed by atoms with Crippen molar-refractivity contribution in [3.8, 4) is 17.1 Å². The molecule has 0 radical (unpaired) electrons. The Labute approximate surface area is 385 Å². The van der Waals surface area contributed by atoms with E-state index in [9.17, 15) is 34.8 Å². The monoisotopic (exact) mass is 970 g/mol. The SMILES string of the molecule is CCCCCCCCCCCCNS(=O)(=O)c1ccc(OC)c(NC(=O)C(c2nc3c(NS(C)(=O)=O)cccc3c(=O)n2NC(=O)C(C)C)n2nc(-c3ccccc3)nc2NS(C)(=O)=O)c1. The lowest BCUT2D eigenvalue weighted by molar-refractivity contribution is -0.120. The van der Waals surface area contributed by atoms with Crippen molar-refractivity contribution in [1.29, 1.82) is 0 Å². The first-order chi connectivity index (χ1) is 31.2. The number of hydrogen-bond acceptors (Lipinski definition) is 13. The van der Waals surface area contributed by atoms with Crippen LogP contribution in [0.5, 0.6) is 5.75 Å². The number of unbranched alkanes of at least 4 members (excludes halogenated alkanes) is 9. The maximum atomic E-state index is 15.1. The second-order valence-electron chi connectivity index (χ2n) is 16.1. The zero-order valence-corrected chi connectivity index (χ0v) is 40.3. The zero-order valence-electron chi connectivity index (χ0n) is 37.8. The van der Waals surface area contributed by atoms with Crippen molar-refractivity contribution in [2.45, 2.75) is 95.9 Å². The minimum absolute atomic E-state index is 0.00500. The lowest BCUT2D eigenvalue weighted by atomic mass is 10.1. The van der Waals surface area contributed by atoms with E-state index < -0.39 is 71.2 Å². The molecule has 1 unspecified atom stereocenters. The lowest BCUT2D eigenvalue weighted by Gasteiger charge is -2.24. The number of nitrogens with zero attached hydrogens (tertiary/aromatic N) is 5. The molecule has 23 heteroatoms. The van der Waals surface area contributed by atoms with Gasteiger partial charge >= 0.3 is 0 Å². The molecule has 0 bridgehead atoms. The van der Waals surface area contributed by atoms with Crippen LogP contribution in [0.25, 0.3) is 22.3 Å². The molecule has 0 fully saturated rings. The van der Waals surface area contributed by atoms with Crippen molar-refractivity contribution in [2.24, 2.45) is 5.92 Å². The number of aromatic nitrogens is 5. The highest BCUT2D eigenvalue weighted by atomic mass is 32.2. The van der Waals surface area contributed by atoms with Crippen molar-refractivity contribution in [3.05, 3.63) is 82.9 Å². The molecule has 5 aromatic rings. The zero-order chi connectivity index (χ0) is 48.2. The van der Waals surface area contributed by atoms with E-state index in [0.29, 0.717) is 16.7 Å². The van der Waals surface area contributed by atoms with Crippen LogP contribution in [-0.4, -0.2) is 87.7 Å². The fourth-order valence-electron chi connectivity index (χ4n) is 6.88. The van der Waals surface area contributed by atoms with Crippen LogP contribution in [-0.2, 0) is 39.7 Å². The van der Waals surface area contributed by atoms with E-state index in [-0.39, 0.29) is 45.3 Å². The standard InChI is InChI=1S/C43H58N10O10S3/c1-7-8-9-10-11-12-13-14-15-19-27-44-66(61,62)31-25-26-35(63-4)34(28-31)45-41(55)37(52-43(51-65(6,59)60)47-38(48-52)30-21-17-16-18-22-30)39-46-36-32(23-20-24-33(36)50-64(5,57)58)42(56)53(39)49-40(54)29(2)3/h16-18,20-26,28-29,37,44,50H,7-15,19,27H2,1-6H3,(H,45,55)(H,49,54)(H,47,48,51). The van der Waals surface area contributed by atoms with Crippen molar-refractivity contribution in [1.82, 2.24) is 29.1 Å². The number of para-hydroxylation sites is 1. The third-order valence-corrected chi connectivity index (χ3v) is 12.8. The maximum Gasteiger partial charge on any atom is 0.280 e. The Morgan fingerprint density at radius 2 is 1.38 bits per heavy atom. The van der Waals surface area contributed by atoms with E-state index in [1.165, 1.54) is 69.5 Å². The number of anilines is 3. The molecular weight excluding hydrogens is 913 g/mol. The maximum absolute atomic E-state index is 15.1.